The van der Waals surface area contributed by atoms with E-state index < -0.39 is 27.9 Å². The number of sulfonamides is 1. The van der Waals surface area contributed by atoms with Gasteiger partial charge >= 0.3 is 5.97 Å². The van der Waals surface area contributed by atoms with Crippen molar-refractivity contribution in [1.82, 2.24) is 5.32 Å². The van der Waals surface area contributed by atoms with E-state index >= 15 is 0 Å². The third-order valence-corrected chi connectivity index (χ3v) is 5.84. The Labute approximate surface area is 166 Å². The van der Waals surface area contributed by atoms with E-state index in [-0.39, 0.29) is 16.4 Å². The van der Waals surface area contributed by atoms with Crippen LogP contribution in [0.5, 0.6) is 0 Å². The summed E-state index contributed by atoms with van der Waals surface area (Å²) >= 11 is 1.19. The quantitative estimate of drug-likeness (QED) is 0.514. The smallest absolute Gasteiger partial charge is 0.339 e. The van der Waals surface area contributed by atoms with E-state index in [1.54, 1.807) is 19.1 Å². The normalized spacial score (nSPS) is 12.3. The van der Waals surface area contributed by atoms with Crippen LogP contribution in [0.3, 0.4) is 0 Å². The number of carbonyl (C=O) groups is 3. The van der Waals surface area contributed by atoms with Crippen molar-refractivity contribution in [2.45, 2.75) is 38.3 Å². The van der Waals surface area contributed by atoms with Gasteiger partial charge in [0.2, 0.25) is 21.7 Å². The molecule has 0 saturated heterocycles. The number of carbonyl (C=O) groups excluding carboxylic acids is 3. The van der Waals surface area contributed by atoms with Gasteiger partial charge in [0.05, 0.1) is 21.9 Å². The molecule has 28 heavy (non-hydrogen) atoms. The Morgan fingerprint density at radius 3 is 2.50 bits per heavy atom. The second kappa shape index (κ2) is 8.63. The predicted molar refractivity (Wildman–Crippen MR) is 104 cm³/mol. The zero-order valence-electron chi connectivity index (χ0n) is 15.5. The fraction of sp³-hybridized carbons (Fsp3) is 0.278. The van der Waals surface area contributed by atoms with Crippen LogP contribution in [0.2, 0.25) is 0 Å². The number of esters is 1. The summed E-state index contributed by atoms with van der Waals surface area (Å²) < 4.78 is 28.2. The molecule has 0 radical (unpaired) electrons. The van der Waals surface area contributed by atoms with Gasteiger partial charge in [0.1, 0.15) is 0 Å². The van der Waals surface area contributed by atoms with Gasteiger partial charge < -0.3 is 10.1 Å². The number of ketones is 1. The van der Waals surface area contributed by atoms with E-state index in [1.165, 1.54) is 37.3 Å². The highest BCUT2D eigenvalue weighted by atomic mass is 32.2. The first-order valence-electron chi connectivity index (χ1n) is 8.21. The van der Waals surface area contributed by atoms with Crippen molar-refractivity contribution in [3.8, 4) is 0 Å². The van der Waals surface area contributed by atoms with Crippen LogP contribution in [-0.2, 0) is 26.1 Å². The number of nitrogens with one attached hydrogen (secondary N) is 1. The van der Waals surface area contributed by atoms with Gasteiger partial charge in [-0.1, -0.05) is 6.07 Å². The molecule has 0 aliphatic heterocycles. The molecule has 1 heterocycles. The molecule has 10 heteroatoms. The molecule has 1 aromatic carbocycles. The van der Waals surface area contributed by atoms with Gasteiger partial charge in [-0.15, -0.1) is 11.3 Å². The highest BCUT2D eigenvalue weighted by molar-refractivity contribution is 7.89. The predicted octanol–water partition coefficient (Wildman–Crippen LogP) is 1.77. The summed E-state index contributed by atoms with van der Waals surface area (Å²) in [4.78, 5) is 36.8. The maximum atomic E-state index is 12.5. The second-order valence-electron chi connectivity index (χ2n) is 6.11. The van der Waals surface area contributed by atoms with Gasteiger partial charge in [0.15, 0.2) is 6.10 Å². The van der Waals surface area contributed by atoms with Gasteiger partial charge in [-0.3, -0.25) is 9.59 Å². The minimum atomic E-state index is -3.98. The topological polar surface area (TPSA) is 133 Å². The molecule has 0 bridgehead atoms. The SMILES string of the molecule is CC(=O)NCc1ccc(C(=O)C(C)OC(=O)c2cc(S(N)(=O)=O)ccc2C)s1. The number of benzene rings is 1. The Morgan fingerprint density at radius 1 is 1.21 bits per heavy atom. The van der Waals surface area contributed by atoms with Crippen molar-refractivity contribution < 1.29 is 27.5 Å². The summed E-state index contributed by atoms with van der Waals surface area (Å²) in [5, 5.41) is 7.72. The summed E-state index contributed by atoms with van der Waals surface area (Å²) in [5.41, 5.74) is 0.509. The monoisotopic (exact) mass is 424 g/mol. The lowest BCUT2D eigenvalue weighted by Crippen LogP contribution is -2.24. The van der Waals surface area contributed by atoms with Crippen LogP contribution in [-0.4, -0.2) is 32.2 Å². The Kier molecular flexibility index (Phi) is 6.70. The highest BCUT2D eigenvalue weighted by Gasteiger charge is 2.23. The third kappa shape index (κ3) is 5.47. The minimum Gasteiger partial charge on any atom is -0.451 e. The first-order valence-corrected chi connectivity index (χ1v) is 10.6. The van der Waals surface area contributed by atoms with Crippen LogP contribution < -0.4 is 10.5 Å². The largest absolute Gasteiger partial charge is 0.451 e. The van der Waals surface area contributed by atoms with E-state index in [2.05, 4.69) is 5.32 Å². The van der Waals surface area contributed by atoms with Crippen LogP contribution >= 0.6 is 11.3 Å². The Bertz CT molecular complexity index is 1030. The third-order valence-electron chi connectivity index (χ3n) is 3.83. The van der Waals surface area contributed by atoms with Crippen molar-refractivity contribution in [1.29, 1.82) is 0 Å². The maximum absolute atomic E-state index is 12.5. The number of amides is 1. The van der Waals surface area contributed by atoms with E-state index in [0.29, 0.717) is 17.0 Å². The molecule has 1 aromatic heterocycles. The van der Waals surface area contributed by atoms with E-state index in [0.717, 1.165) is 10.9 Å². The van der Waals surface area contributed by atoms with Gasteiger partial charge in [0, 0.05) is 11.8 Å². The molecule has 0 fully saturated rings. The molecule has 150 valence electrons. The minimum absolute atomic E-state index is 0.0173. The summed E-state index contributed by atoms with van der Waals surface area (Å²) in [6.45, 7) is 4.75. The lowest BCUT2D eigenvalue weighted by atomic mass is 10.1. The van der Waals surface area contributed by atoms with Gasteiger partial charge in [0.25, 0.3) is 0 Å². The molecule has 0 aliphatic carbocycles. The number of hydrogen-bond donors (Lipinski definition) is 2. The molecule has 0 saturated carbocycles. The number of thiophene rings is 1. The molecule has 0 aliphatic rings. The Morgan fingerprint density at radius 2 is 1.89 bits per heavy atom. The van der Waals surface area contributed by atoms with Crippen LogP contribution in [0.4, 0.5) is 0 Å². The van der Waals surface area contributed by atoms with Crippen LogP contribution in [0.15, 0.2) is 35.2 Å². The number of Topliss-reactive ketones (excluding diaryl/α,β-unsaturated/α-hetero) is 1. The number of primary sulfonamides is 1. The molecule has 1 amide bonds. The van der Waals surface area contributed by atoms with E-state index in [1.807, 2.05) is 0 Å². The summed E-state index contributed by atoms with van der Waals surface area (Å²) in [5.74, 6) is -1.40. The van der Waals surface area contributed by atoms with Crippen LogP contribution in [0, 0.1) is 6.92 Å². The molecule has 2 rings (SSSR count). The number of ether oxygens (including phenoxy) is 1. The van der Waals surface area contributed by atoms with Crippen molar-refractivity contribution in [2.24, 2.45) is 5.14 Å². The molecule has 3 N–H and O–H groups in total. The van der Waals surface area contributed by atoms with E-state index in [9.17, 15) is 22.8 Å². The average molecular weight is 425 g/mol. The summed E-state index contributed by atoms with van der Waals surface area (Å²) in [6.07, 6.45) is -1.07. The zero-order chi connectivity index (χ0) is 21.1. The Balaban J connectivity index is 2.12. The standard InChI is InChI=1S/C18H20N2O6S2/c1-10-4-6-14(28(19,24)25)8-15(10)18(23)26-11(2)17(22)16-7-5-13(27-16)9-20-12(3)21/h4-8,11H,9H2,1-3H3,(H,20,21)(H2,19,24,25). The first kappa shape index (κ1) is 21.7. The summed E-state index contributed by atoms with van der Waals surface area (Å²) in [6, 6.07) is 7.17. The molecule has 1 atom stereocenters. The van der Waals surface area contributed by atoms with Crippen molar-refractivity contribution >= 4 is 39.0 Å². The van der Waals surface area contributed by atoms with Crippen molar-refractivity contribution in [3.05, 3.63) is 51.2 Å². The van der Waals surface area contributed by atoms with Crippen molar-refractivity contribution in [2.75, 3.05) is 0 Å². The van der Waals surface area contributed by atoms with Gasteiger partial charge in [-0.05, 0) is 43.7 Å². The number of rotatable bonds is 7. The maximum Gasteiger partial charge on any atom is 0.339 e. The number of aryl methyl sites for hydroxylation is 1. The molecule has 2 aromatic rings. The highest BCUT2D eigenvalue weighted by Crippen LogP contribution is 2.21. The molecule has 8 nitrogen and oxygen atoms in total. The number of nitrogens with two attached hydrogens (primary N) is 1. The van der Waals surface area contributed by atoms with Crippen molar-refractivity contribution in [3.63, 3.8) is 0 Å². The first-order chi connectivity index (χ1) is 13.0. The van der Waals surface area contributed by atoms with Crippen LogP contribution in [0.1, 0.15) is 44.3 Å². The molecule has 1 unspecified atom stereocenters. The zero-order valence-corrected chi connectivity index (χ0v) is 17.1. The number of hydrogen-bond acceptors (Lipinski definition) is 7. The second-order valence-corrected chi connectivity index (χ2v) is 8.84. The van der Waals surface area contributed by atoms with Gasteiger partial charge in [-0.2, -0.15) is 0 Å². The van der Waals surface area contributed by atoms with E-state index in [4.69, 9.17) is 9.88 Å². The lowest BCUT2D eigenvalue weighted by molar-refractivity contribution is -0.119. The average Bonchev–Trinajstić information content (AvgIpc) is 3.07. The molecule has 0 spiro atoms. The fourth-order valence-corrected chi connectivity index (χ4v) is 3.80. The fourth-order valence-electron chi connectivity index (χ4n) is 2.29. The van der Waals surface area contributed by atoms with Crippen LogP contribution in [0.25, 0.3) is 0 Å². The molecular weight excluding hydrogens is 404 g/mol. The summed E-state index contributed by atoms with van der Waals surface area (Å²) in [7, 11) is -3.98. The Hall–Kier alpha value is -2.56. The van der Waals surface area contributed by atoms with Gasteiger partial charge in [-0.25, -0.2) is 18.4 Å². The molecular formula is C18H20N2O6S2. The lowest BCUT2D eigenvalue weighted by Gasteiger charge is -2.13.